The summed E-state index contributed by atoms with van der Waals surface area (Å²) >= 11 is 0. The van der Waals surface area contributed by atoms with E-state index >= 15 is 0 Å². The Balaban J connectivity index is 1.49. The van der Waals surface area contributed by atoms with E-state index in [9.17, 15) is 5.11 Å². The Kier molecular flexibility index (Phi) is 5.28. The van der Waals surface area contributed by atoms with Gasteiger partial charge in [-0.25, -0.2) is 0 Å². The fraction of sp³-hybridized carbons (Fsp3) is 0.667. The Hall–Kier alpha value is -0.900. The summed E-state index contributed by atoms with van der Waals surface area (Å²) < 4.78 is 0. The van der Waals surface area contributed by atoms with E-state index in [1.807, 2.05) is 0 Å². The van der Waals surface area contributed by atoms with Gasteiger partial charge in [-0.2, -0.15) is 0 Å². The second kappa shape index (κ2) is 7.39. The third-order valence-corrected chi connectivity index (χ3v) is 4.86. The third-order valence-electron chi connectivity index (χ3n) is 4.86. The van der Waals surface area contributed by atoms with Gasteiger partial charge in [-0.15, -0.1) is 0 Å². The number of hydrogen-bond acceptors (Lipinski definition) is 3. The SMILES string of the molecule is OCC[C@@H](NC1CCN(CC2CC2)CC1)c1ccccc1. The number of nitrogens with one attached hydrogen (secondary N) is 1. The molecule has 1 aromatic carbocycles. The number of likely N-dealkylation sites (tertiary alicyclic amines) is 1. The molecule has 1 aliphatic carbocycles. The van der Waals surface area contributed by atoms with Gasteiger partial charge in [0.25, 0.3) is 0 Å². The first-order chi connectivity index (χ1) is 10.3. The Bertz CT molecular complexity index is 410. The molecule has 0 radical (unpaired) electrons. The van der Waals surface area contributed by atoms with Crippen molar-refractivity contribution in [2.75, 3.05) is 26.2 Å². The summed E-state index contributed by atoms with van der Waals surface area (Å²) in [7, 11) is 0. The van der Waals surface area contributed by atoms with Gasteiger partial charge in [0, 0.05) is 25.2 Å². The zero-order valence-electron chi connectivity index (χ0n) is 12.9. The van der Waals surface area contributed by atoms with E-state index in [2.05, 4.69) is 40.5 Å². The van der Waals surface area contributed by atoms with E-state index in [1.54, 1.807) is 0 Å². The Morgan fingerprint density at radius 1 is 1.10 bits per heavy atom. The van der Waals surface area contributed by atoms with Crippen molar-refractivity contribution in [3.63, 3.8) is 0 Å². The van der Waals surface area contributed by atoms with Gasteiger partial charge in [0.05, 0.1) is 0 Å². The van der Waals surface area contributed by atoms with Gasteiger partial charge in [-0.3, -0.25) is 0 Å². The Morgan fingerprint density at radius 2 is 1.81 bits per heavy atom. The summed E-state index contributed by atoms with van der Waals surface area (Å²) in [5.74, 6) is 1.00. The molecule has 3 rings (SSSR count). The minimum absolute atomic E-state index is 0.243. The van der Waals surface area contributed by atoms with Crippen LogP contribution in [-0.4, -0.2) is 42.3 Å². The lowest BCUT2D eigenvalue weighted by molar-refractivity contribution is 0.178. The molecular formula is C18H28N2O. The molecule has 1 heterocycles. The molecule has 0 unspecified atom stereocenters. The summed E-state index contributed by atoms with van der Waals surface area (Å²) in [5.41, 5.74) is 1.30. The predicted molar refractivity (Wildman–Crippen MR) is 86.2 cm³/mol. The fourth-order valence-electron chi connectivity index (χ4n) is 3.39. The zero-order valence-corrected chi connectivity index (χ0v) is 12.9. The summed E-state index contributed by atoms with van der Waals surface area (Å²) in [5, 5.41) is 13.1. The number of aliphatic hydroxyl groups excluding tert-OH is 1. The Labute approximate surface area is 128 Å². The normalized spacial score (nSPS) is 22.3. The third kappa shape index (κ3) is 4.53. The van der Waals surface area contributed by atoms with Crippen LogP contribution in [0.15, 0.2) is 30.3 Å². The van der Waals surface area contributed by atoms with Crippen molar-refractivity contribution in [1.29, 1.82) is 0 Å². The molecule has 3 heteroatoms. The first-order valence-electron chi connectivity index (χ1n) is 8.49. The molecular weight excluding hydrogens is 260 g/mol. The number of nitrogens with zero attached hydrogens (tertiary/aromatic N) is 1. The van der Waals surface area contributed by atoms with E-state index in [1.165, 1.54) is 50.9 Å². The molecule has 1 saturated heterocycles. The molecule has 0 aromatic heterocycles. The molecule has 2 N–H and O–H groups in total. The fourth-order valence-corrected chi connectivity index (χ4v) is 3.39. The highest BCUT2D eigenvalue weighted by atomic mass is 16.3. The minimum Gasteiger partial charge on any atom is -0.396 e. The van der Waals surface area contributed by atoms with Crippen LogP contribution in [0.25, 0.3) is 0 Å². The second-order valence-corrected chi connectivity index (χ2v) is 6.66. The van der Waals surface area contributed by atoms with Crippen molar-refractivity contribution in [2.45, 2.75) is 44.2 Å². The molecule has 2 aliphatic rings. The van der Waals surface area contributed by atoms with Gasteiger partial charge in [-0.05, 0) is 56.7 Å². The lowest BCUT2D eigenvalue weighted by Gasteiger charge is -2.34. The number of piperidine rings is 1. The summed E-state index contributed by atoms with van der Waals surface area (Å²) in [4.78, 5) is 2.64. The van der Waals surface area contributed by atoms with Crippen LogP contribution in [0.1, 0.15) is 43.7 Å². The number of benzene rings is 1. The van der Waals surface area contributed by atoms with E-state index in [0.717, 1.165) is 12.3 Å². The quantitative estimate of drug-likeness (QED) is 0.809. The lowest BCUT2D eigenvalue weighted by atomic mass is 9.99. The molecule has 3 nitrogen and oxygen atoms in total. The minimum atomic E-state index is 0.243. The van der Waals surface area contributed by atoms with E-state index in [-0.39, 0.29) is 12.6 Å². The highest BCUT2D eigenvalue weighted by molar-refractivity contribution is 5.19. The standard InChI is InChI=1S/C18H28N2O/c21-13-10-18(16-4-2-1-3-5-16)19-17-8-11-20(12-9-17)14-15-6-7-15/h1-5,15,17-19,21H,6-14H2/t18-/m1/s1. The molecule has 21 heavy (non-hydrogen) atoms. The molecule has 0 spiro atoms. The number of rotatable bonds is 7. The number of hydrogen-bond donors (Lipinski definition) is 2. The van der Waals surface area contributed by atoms with Crippen LogP contribution in [0.3, 0.4) is 0 Å². The van der Waals surface area contributed by atoms with Crippen LogP contribution < -0.4 is 5.32 Å². The molecule has 116 valence electrons. The molecule has 2 fully saturated rings. The van der Waals surface area contributed by atoms with Crippen LogP contribution in [0.5, 0.6) is 0 Å². The van der Waals surface area contributed by atoms with Gasteiger partial charge in [0.1, 0.15) is 0 Å². The summed E-state index contributed by atoms with van der Waals surface area (Å²) in [6.45, 7) is 4.03. The number of aliphatic hydroxyl groups is 1. The van der Waals surface area contributed by atoms with Crippen LogP contribution in [0.2, 0.25) is 0 Å². The first kappa shape index (κ1) is 15.0. The predicted octanol–water partition coefficient (Wildman–Crippen LogP) is 2.57. The van der Waals surface area contributed by atoms with Crippen LogP contribution in [0, 0.1) is 5.92 Å². The van der Waals surface area contributed by atoms with Crippen molar-refractivity contribution in [3.05, 3.63) is 35.9 Å². The smallest absolute Gasteiger partial charge is 0.0449 e. The van der Waals surface area contributed by atoms with Gasteiger partial charge in [-0.1, -0.05) is 30.3 Å². The van der Waals surface area contributed by atoms with E-state index in [4.69, 9.17) is 0 Å². The van der Waals surface area contributed by atoms with Crippen LogP contribution in [0.4, 0.5) is 0 Å². The van der Waals surface area contributed by atoms with Crippen molar-refractivity contribution < 1.29 is 5.11 Å². The van der Waals surface area contributed by atoms with Gasteiger partial charge >= 0.3 is 0 Å². The molecule has 1 aromatic rings. The topological polar surface area (TPSA) is 35.5 Å². The highest BCUT2D eigenvalue weighted by Crippen LogP contribution is 2.30. The summed E-state index contributed by atoms with van der Waals surface area (Å²) in [6.07, 6.45) is 6.17. The maximum atomic E-state index is 9.33. The average Bonchev–Trinajstić information content (AvgIpc) is 3.34. The second-order valence-electron chi connectivity index (χ2n) is 6.66. The molecule has 1 atom stereocenters. The van der Waals surface area contributed by atoms with Crippen molar-refractivity contribution in [1.82, 2.24) is 10.2 Å². The first-order valence-corrected chi connectivity index (χ1v) is 8.49. The van der Waals surface area contributed by atoms with Crippen LogP contribution >= 0.6 is 0 Å². The largest absolute Gasteiger partial charge is 0.396 e. The highest BCUT2D eigenvalue weighted by Gasteiger charge is 2.27. The van der Waals surface area contributed by atoms with Gasteiger partial charge < -0.3 is 15.3 Å². The van der Waals surface area contributed by atoms with Gasteiger partial charge in [0.15, 0.2) is 0 Å². The average molecular weight is 288 g/mol. The van der Waals surface area contributed by atoms with E-state index in [0.29, 0.717) is 6.04 Å². The lowest BCUT2D eigenvalue weighted by Crippen LogP contribution is -2.44. The molecule has 1 saturated carbocycles. The summed E-state index contributed by atoms with van der Waals surface area (Å²) in [6, 6.07) is 11.4. The van der Waals surface area contributed by atoms with E-state index < -0.39 is 0 Å². The molecule has 0 bridgehead atoms. The Morgan fingerprint density at radius 3 is 2.43 bits per heavy atom. The maximum Gasteiger partial charge on any atom is 0.0449 e. The van der Waals surface area contributed by atoms with Gasteiger partial charge in [0.2, 0.25) is 0 Å². The maximum absolute atomic E-state index is 9.33. The van der Waals surface area contributed by atoms with Crippen molar-refractivity contribution in [2.24, 2.45) is 5.92 Å². The van der Waals surface area contributed by atoms with Crippen molar-refractivity contribution >= 4 is 0 Å². The van der Waals surface area contributed by atoms with Crippen molar-refractivity contribution in [3.8, 4) is 0 Å². The monoisotopic (exact) mass is 288 g/mol. The zero-order chi connectivity index (χ0) is 14.5. The molecule has 1 aliphatic heterocycles. The molecule has 0 amide bonds. The van der Waals surface area contributed by atoms with Crippen LogP contribution in [-0.2, 0) is 0 Å².